The molecule has 0 aliphatic heterocycles. The van der Waals surface area contributed by atoms with E-state index in [0.717, 1.165) is 41.9 Å². The second kappa shape index (κ2) is 4.09. The van der Waals surface area contributed by atoms with Gasteiger partial charge in [-0.25, -0.2) is 9.97 Å². The summed E-state index contributed by atoms with van der Waals surface area (Å²) in [5.41, 5.74) is 3.66. The molecule has 0 unspecified atom stereocenters. The lowest BCUT2D eigenvalue weighted by molar-refractivity contribution is 0.800. The zero-order valence-corrected chi connectivity index (χ0v) is 9.48. The van der Waals surface area contributed by atoms with E-state index in [9.17, 15) is 0 Å². The van der Waals surface area contributed by atoms with Gasteiger partial charge in [-0.2, -0.15) is 0 Å². The first-order chi connectivity index (χ1) is 8.34. The van der Waals surface area contributed by atoms with Crippen molar-refractivity contribution in [1.29, 1.82) is 5.41 Å². The summed E-state index contributed by atoms with van der Waals surface area (Å²) in [5, 5.41) is 7.87. The highest BCUT2D eigenvalue weighted by atomic mass is 14.9. The van der Waals surface area contributed by atoms with Crippen molar-refractivity contribution in [3.8, 4) is 11.4 Å². The van der Waals surface area contributed by atoms with Gasteiger partial charge in [-0.1, -0.05) is 30.3 Å². The van der Waals surface area contributed by atoms with Crippen molar-refractivity contribution in [2.75, 3.05) is 0 Å². The molecular formula is C14H13N3. The van der Waals surface area contributed by atoms with Crippen LogP contribution >= 0.6 is 0 Å². The average Bonchev–Trinajstić information content (AvgIpc) is 2.40. The fourth-order valence-electron chi connectivity index (χ4n) is 2.15. The monoisotopic (exact) mass is 223 g/mol. The number of nitrogens with one attached hydrogen (secondary N) is 1. The minimum atomic E-state index is 0.672. The van der Waals surface area contributed by atoms with Crippen LogP contribution in [0.3, 0.4) is 0 Å². The first-order valence-corrected chi connectivity index (χ1v) is 5.84. The van der Waals surface area contributed by atoms with Gasteiger partial charge in [0, 0.05) is 23.0 Å². The van der Waals surface area contributed by atoms with Gasteiger partial charge >= 0.3 is 0 Å². The molecule has 1 aliphatic rings. The lowest BCUT2D eigenvalue weighted by Gasteiger charge is -2.15. The van der Waals surface area contributed by atoms with Crippen LogP contribution in [0.15, 0.2) is 36.5 Å². The number of benzene rings is 1. The van der Waals surface area contributed by atoms with Crippen molar-refractivity contribution < 1.29 is 0 Å². The zero-order valence-electron chi connectivity index (χ0n) is 9.48. The van der Waals surface area contributed by atoms with Crippen molar-refractivity contribution >= 4 is 5.71 Å². The van der Waals surface area contributed by atoms with E-state index >= 15 is 0 Å². The van der Waals surface area contributed by atoms with Crippen LogP contribution in [-0.2, 0) is 6.42 Å². The molecular weight excluding hydrogens is 210 g/mol. The molecule has 1 N–H and O–H groups in total. The van der Waals surface area contributed by atoms with Gasteiger partial charge in [-0.05, 0) is 19.3 Å². The summed E-state index contributed by atoms with van der Waals surface area (Å²) in [6.07, 6.45) is 4.63. The highest BCUT2D eigenvalue weighted by molar-refractivity contribution is 5.99. The van der Waals surface area contributed by atoms with E-state index < -0.39 is 0 Å². The number of hydrogen-bond acceptors (Lipinski definition) is 3. The molecule has 0 radical (unpaired) electrons. The van der Waals surface area contributed by atoms with Crippen molar-refractivity contribution in [3.63, 3.8) is 0 Å². The topological polar surface area (TPSA) is 49.6 Å². The Morgan fingerprint density at radius 1 is 1.06 bits per heavy atom. The molecule has 17 heavy (non-hydrogen) atoms. The van der Waals surface area contributed by atoms with Crippen molar-refractivity contribution in [2.45, 2.75) is 19.3 Å². The normalized spacial score (nSPS) is 14.5. The molecule has 0 saturated carbocycles. The molecule has 0 amide bonds. The molecule has 3 rings (SSSR count). The van der Waals surface area contributed by atoms with Crippen molar-refractivity contribution in [2.24, 2.45) is 0 Å². The Bertz CT molecular complexity index is 561. The highest BCUT2D eigenvalue weighted by Crippen LogP contribution is 2.21. The largest absolute Gasteiger partial charge is 0.305 e. The Kier molecular flexibility index (Phi) is 2.44. The van der Waals surface area contributed by atoms with Crippen LogP contribution in [0.2, 0.25) is 0 Å². The maximum atomic E-state index is 7.87. The summed E-state index contributed by atoms with van der Waals surface area (Å²) in [6.45, 7) is 0. The molecule has 1 aliphatic carbocycles. The number of rotatable bonds is 1. The molecule has 1 aromatic heterocycles. The highest BCUT2D eigenvalue weighted by Gasteiger charge is 2.16. The van der Waals surface area contributed by atoms with Crippen LogP contribution in [0, 0.1) is 5.41 Å². The molecule has 3 heteroatoms. The van der Waals surface area contributed by atoms with Gasteiger partial charge in [0.15, 0.2) is 5.82 Å². The van der Waals surface area contributed by atoms with E-state index in [-0.39, 0.29) is 0 Å². The predicted molar refractivity (Wildman–Crippen MR) is 67.2 cm³/mol. The average molecular weight is 223 g/mol. The van der Waals surface area contributed by atoms with Gasteiger partial charge in [-0.3, -0.25) is 0 Å². The Hall–Kier alpha value is -2.03. The van der Waals surface area contributed by atoms with Gasteiger partial charge in [0.25, 0.3) is 0 Å². The number of aromatic nitrogens is 2. The van der Waals surface area contributed by atoms with E-state index in [2.05, 4.69) is 9.97 Å². The predicted octanol–water partition coefficient (Wildman–Crippen LogP) is 2.85. The van der Waals surface area contributed by atoms with Crippen LogP contribution in [-0.4, -0.2) is 15.7 Å². The molecule has 0 fully saturated rings. The van der Waals surface area contributed by atoms with Gasteiger partial charge < -0.3 is 5.41 Å². The summed E-state index contributed by atoms with van der Waals surface area (Å²) in [4.78, 5) is 8.94. The van der Waals surface area contributed by atoms with Crippen LogP contribution < -0.4 is 0 Å². The lowest BCUT2D eigenvalue weighted by atomic mass is 9.95. The molecule has 0 atom stereocenters. The van der Waals surface area contributed by atoms with Crippen LogP contribution in [0.4, 0.5) is 0 Å². The Labute approximate surface area is 100 Å². The van der Waals surface area contributed by atoms with Crippen LogP contribution in [0.25, 0.3) is 11.4 Å². The number of nitrogens with zero attached hydrogens (tertiary/aromatic N) is 2. The van der Waals surface area contributed by atoms with E-state index in [0.29, 0.717) is 5.71 Å². The van der Waals surface area contributed by atoms with Gasteiger partial charge in [0.05, 0.1) is 5.69 Å². The van der Waals surface area contributed by atoms with E-state index in [4.69, 9.17) is 5.41 Å². The van der Waals surface area contributed by atoms with Crippen molar-refractivity contribution in [3.05, 3.63) is 47.8 Å². The third-order valence-corrected chi connectivity index (χ3v) is 3.07. The fourth-order valence-corrected chi connectivity index (χ4v) is 2.15. The van der Waals surface area contributed by atoms with Crippen LogP contribution in [0.5, 0.6) is 0 Å². The van der Waals surface area contributed by atoms with Gasteiger partial charge in [0.2, 0.25) is 0 Å². The first kappa shape index (κ1) is 10.1. The minimum absolute atomic E-state index is 0.672. The molecule has 0 spiro atoms. The Balaban J connectivity index is 2.07. The SMILES string of the molecule is N=C1CCCc2nc(-c3ccccc3)ncc21. The summed E-state index contributed by atoms with van der Waals surface area (Å²) in [7, 11) is 0. The van der Waals surface area contributed by atoms with E-state index in [1.54, 1.807) is 6.20 Å². The number of fused-ring (bicyclic) bond motifs is 1. The summed E-state index contributed by atoms with van der Waals surface area (Å²) >= 11 is 0. The number of hydrogen-bond donors (Lipinski definition) is 1. The van der Waals surface area contributed by atoms with Crippen LogP contribution in [0.1, 0.15) is 24.1 Å². The van der Waals surface area contributed by atoms with Crippen molar-refractivity contribution in [1.82, 2.24) is 9.97 Å². The van der Waals surface area contributed by atoms with Gasteiger partial charge in [0.1, 0.15) is 0 Å². The molecule has 1 heterocycles. The van der Waals surface area contributed by atoms with E-state index in [1.165, 1.54) is 0 Å². The number of aryl methyl sites for hydroxylation is 1. The molecule has 0 saturated heterocycles. The molecule has 1 aromatic carbocycles. The first-order valence-electron chi connectivity index (χ1n) is 5.84. The Morgan fingerprint density at radius 2 is 1.88 bits per heavy atom. The quantitative estimate of drug-likeness (QED) is 0.808. The molecule has 84 valence electrons. The Morgan fingerprint density at radius 3 is 2.71 bits per heavy atom. The van der Waals surface area contributed by atoms with E-state index in [1.807, 2.05) is 30.3 Å². The third-order valence-electron chi connectivity index (χ3n) is 3.07. The second-order valence-electron chi connectivity index (χ2n) is 4.25. The molecule has 3 nitrogen and oxygen atoms in total. The maximum Gasteiger partial charge on any atom is 0.159 e. The standard InChI is InChI=1S/C14H13N3/c15-12-7-4-8-13-11(12)9-16-14(17-13)10-5-2-1-3-6-10/h1-3,5-6,9,15H,4,7-8H2. The third kappa shape index (κ3) is 1.84. The second-order valence-corrected chi connectivity index (χ2v) is 4.25. The maximum absolute atomic E-state index is 7.87. The minimum Gasteiger partial charge on any atom is -0.305 e. The smallest absolute Gasteiger partial charge is 0.159 e. The summed E-state index contributed by atoms with van der Waals surface area (Å²) in [6, 6.07) is 9.98. The fraction of sp³-hybridized carbons (Fsp3) is 0.214. The van der Waals surface area contributed by atoms with Gasteiger partial charge in [-0.15, -0.1) is 0 Å². The molecule has 0 bridgehead atoms. The molecule has 2 aromatic rings. The lowest BCUT2D eigenvalue weighted by Crippen LogP contribution is -2.13. The summed E-state index contributed by atoms with van der Waals surface area (Å²) < 4.78 is 0. The zero-order chi connectivity index (χ0) is 11.7. The summed E-state index contributed by atoms with van der Waals surface area (Å²) in [5.74, 6) is 0.763.